The average molecular weight is 491 g/mol. The zero-order valence-corrected chi connectivity index (χ0v) is 21.3. The molecule has 0 amide bonds. The van der Waals surface area contributed by atoms with E-state index in [2.05, 4.69) is 127 Å². The molecule has 8 rings (SSSR count). The molecule has 0 saturated heterocycles. The summed E-state index contributed by atoms with van der Waals surface area (Å²) in [4.78, 5) is 5.74. The molecule has 0 radical (unpaired) electrons. The van der Waals surface area contributed by atoms with Crippen LogP contribution in [0.1, 0.15) is 25.0 Å². The number of aromatic nitrogens is 1. The quantitative estimate of drug-likeness (QED) is 0.267. The van der Waals surface area contributed by atoms with Crippen LogP contribution in [0.5, 0.6) is 0 Å². The molecule has 38 heavy (non-hydrogen) atoms. The third kappa shape index (κ3) is 2.84. The number of aromatic amines is 1. The number of hydrogen-bond acceptors (Lipinski definition) is 2. The summed E-state index contributed by atoms with van der Waals surface area (Å²) in [6, 6.07) is 39.2. The summed E-state index contributed by atoms with van der Waals surface area (Å²) in [6.07, 6.45) is 1.94. The van der Waals surface area contributed by atoms with Crippen molar-refractivity contribution in [3.8, 4) is 11.1 Å². The topological polar surface area (TPSA) is 32.2 Å². The van der Waals surface area contributed by atoms with Crippen molar-refractivity contribution in [2.45, 2.75) is 19.3 Å². The Morgan fingerprint density at radius 3 is 2.39 bits per heavy atom. The van der Waals surface area contributed by atoms with E-state index < -0.39 is 0 Å². The van der Waals surface area contributed by atoms with Gasteiger partial charge in [0.2, 0.25) is 0 Å². The summed E-state index contributed by atoms with van der Waals surface area (Å²) in [5.74, 6) is 0. The molecule has 0 atom stereocenters. The molecule has 182 valence electrons. The summed E-state index contributed by atoms with van der Waals surface area (Å²) in [6.45, 7) is 4.65. The van der Waals surface area contributed by atoms with E-state index >= 15 is 0 Å². The van der Waals surface area contributed by atoms with Gasteiger partial charge in [-0.15, -0.1) is 0 Å². The first kappa shape index (κ1) is 21.3. The van der Waals surface area contributed by atoms with Crippen molar-refractivity contribution in [2.75, 3.05) is 4.90 Å². The van der Waals surface area contributed by atoms with E-state index in [4.69, 9.17) is 4.42 Å². The van der Waals surface area contributed by atoms with Gasteiger partial charge < -0.3 is 14.3 Å². The van der Waals surface area contributed by atoms with E-state index in [1.165, 1.54) is 38.7 Å². The van der Waals surface area contributed by atoms with E-state index in [1.807, 2.05) is 12.3 Å². The van der Waals surface area contributed by atoms with Crippen molar-refractivity contribution in [1.29, 1.82) is 0 Å². The van der Waals surface area contributed by atoms with Gasteiger partial charge in [0, 0.05) is 39.3 Å². The van der Waals surface area contributed by atoms with Crippen LogP contribution in [0.15, 0.2) is 120 Å². The minimum Gasteiger partial charge on any atom is -0.454 e. The standard InChI is InChI=1S/C35H26N2O/c1-35(2)28-18-17-27-33-31(19-20-36-33)38-34(27)32(28)26-16-15-24(21-29(26)35)37(23-11-4-3-5-12-23)30-14-8-10-22-9-6-7-13-25(22)30/h3-21,36H,1-2H3. The maximum Gasteiger partial charge on any atom is 0.153 e. The first-order chi connectivity index (χ1) is 18.6. The van der Waals surface area contributed by atoms with Crippen molar-refractivity contribution < 1.29 is 4.42 Å². The third-order valence-electron chi connectivity index (χ3n) is 8.25. The van der Waals surface area contributed by atoms with Crippen LogP contribution in [0.25, 0.3) is 44.0 Å². The van der Waals surface area contributed by atoms with Gasteiger partial charge in [0.25, 0.3) is 0 Å². The lowest BCUT2D eigenvalue weighted by Crippen LogP contribution is -2.16. The summed E-state index contributed by atoms with van der Waals surface area (Å²) in [7, 11) is 0. The Morgan fingerprint density at radius 2 is 1.50 bits per heavy atom. The van der Waals surface area contributed by atoms with Crippen molar-refractivity contribution in [2.24, 2.45) is 0 Å². The van der Waals surface area contributed by atoms with Gasteiger partial charge in [0.05, 0.1) is 11.2 Å². The Bertz CT molecular complexity index is 2000. The molecule has 3 nitrogen and oxygen atoms in total. The van der Waals surface area contributed by atoms with Crippen molar-refractivity contribution in [1.82, 2.24) is 4.98 Å². The molecule has 1 N–H and O–H groups in total. The van der Waals surface area contributed by atoms with Crippen LogP contribution in [-0.2, 0) is 5.41 Å². The van der Waals surface area contributed by atoms with Gasteiger partial charge >= 0.3 is 0 Å². The van der Waals surface area contributed by atoms with Crippen LogP contribution < -0.4 is 4.90 Å². The van der Waals surface area contributed by atoms with Crippen LogP contribution >= 0.6 is 0 Å². The molecular weight excluding hydrogens is 464 g/mol. The molecular formula is C35H26N2O. The van der Waals surface area contributed by atoms with E-state index in [1.54, 1.807) is 0 Å². The van der Waals surface area contributed by atoms with Gasteiger partial charge in [-0.2, -0.15) is 0 Å². The highest BCUT2D eigenvalue weighted by Gasteiger charge is 2.38. The van der Waals surface area contributed by atoms with E-state index in [-0.39, 0.29) is 5.41 Å². The Kier molecular flexibility index (Phi) is 4.28. The molecule has 3 heteroatoms. The zero-order chi connectivity index (χ0) is 25.4. The normalized spacial score (nSPS) is 13.7. The third-order valence-corrected chi connectivity index (χ3v) is 8.25. The fourth-order valence-electron chi connectivity index (χ4n) is 6.39. The molecule has 0 aliphatic heterocycles. The zero-order valence-electron chi connectivity index (χ0n) is 21.3. The molecule has 0 fully saturated rings. The molecule has 1 aliphatic carbocycles. The van der Waals surface area contributed by atoms with E-state index in [0.29, 0.717) is 0 Å². The summed E-state index contributed by atoms with van der Waals surface area (Å²) in [5, 5.41) is 3.60. The minimum atomic E-state index is -0.156. The fourth-order valence-corrected chi connectivity index (χ4v) is 6.39. The molecule has 7 aromatic rings. The number of furan rings is 1. The maximum absolute atomic E-state index is 6.41. The van der Waals surface area contributed by atoms with Gasteiger partial charge in [0.15, 0.2) is 5.58 Å². The lowest BCUT2D eigenvalue weighted by atomic mass is 9.82. The average Bonchev–Trinajstić information content (AvgIpc) is 3.61. The number of benzene rings is 5. The largest absolute Gasteiger partial charge is 0.454 e. The van der Waals surface area contributed by atoms with E-state index in [9.17, 15) is 0 Å². The Labute approximate surface area is 220 Å². The van der Waals surface area contributed by atoms with Crippen LogP contribution in [0.4, 0.5) is 17.1 Å². The van der Waals surface area contributed by atoms with Gasteiger partial charge in [0.1, 0.15) is 5.58 Å². The second-order valence-corrected chi connectivity index (χ2v) is 10.7. The number of anilines is 3. The number of hydrogen-bond donors (Lipinski definition) is 1. The Morgan fingerprint density at radius 1 is 0.684 bits per heavy atom. The molecule has 0 bridgehead atoms. The predicted octanol–water partition coefficient (Wildman–Crippen LogP) is 9.84. The molecule has 0 spiro atoms. The number of nitrogens with one attached hydrogen (secondary N) is 1. The number of nitrogens with zero attached hydrogens (tertiary/aromatic N) is 1. The summed E-state index contributed by atoms with van der Waals surface area (Å²) >= 11 is 0. The molecule has 1 aliphatic rings. The second kappa shape index (κ2) is 7.62. The monoisotopic (exact) mass is 490 g/mol. The lowest BCUT2D eigenvalue weighted by molar-refractivity contribution is 0.653. The Balaban J connectivity index is 1.38. The molecule has 2 aromatic heterocycles. The second-order valence-electron chi connectivity index (χ2n) is 10.7. The highest BCUT2D eigenvalue weighted by Crippen LogP contribution is 2.54. The summed E-state index contributed by atoms with van der Waals surface area (Å²) in [5.41, 5.74) is 11.3. The van der Waals surface area contributed by atoms with Crippen LogP contribution in [0.3, 0.4) is 0 Å². The van der Waals surface area contributed by atoms with Crippen LogP contribution in [0.2, 0.25) is 0 Å². The molecule has 0 unspecified atom stereocenters. The number of fused-ring (bicyclic) bond motifs is 8. The molecule has 5 aromatic carbocycles. The van der Waals surface area contributed by atoms with Gasteiger partial charge in [-0.3, -0.25) is 0 Å². The number of H-pyrrole nitrogens is 1. The fraction of sp³-hybridized carbons (Fsp3) is 0.0857. The van der Waals surface area contributed by atoms with Gasteiger partial charge in [-0.1, -0.05) is 80.6 Å². The smallest absolute Gasteiger partial charge is 0.153 e. The number of para-hydroxylation sites is 1. The van der Waals surface area contributed by atoms with E-state index in [0.717, 1.165) is 33.4 Å². The van der Waals surface area contributed by atoms with Crippen LogP contribution in [0, 0.1) is 0 Å². The Hall–Kier alpha value is -4.76. The van der Waals surface area contributed by atoms with Crippen LogP contribution in [-0.4, -0.2) is 4.98 Å². The highest BCUT2D eigenvalue weighted by molar-refractivity contribution is 6.10. The summed E-state index contributed by atoms with van der Waals surface area (Å²) < 4.78 is 6.41. The van der Waals surface area contributed by atoms with Gasteiger partial charge in [-0.25, -0.2) is 0 Å². The lowest BCUT2D eigenvalue weighted by Gasteiger charge is -2.29. The number of rotatable bonds is 3. The first-order valence-corrected chi connectivity index (χ1v) is 13.1. The van der Waals surface area contributed by atoms with Gasteiger partial charge in [-0.05, 0) is 64.5 Å². The van der Waals surface area contributed by atoms with Crippen molar-refractivity contribution in [3.63, 3.8) is 0 Å². The minimum absolute atomic E-state index is 0.156. The molecule has 2 heterocycles. The predicted molar refractivity (Wildman–Crippen MR) is 158 cm³/mol. The SMILES string of the molecule is CC1(C)c2cc(N(c3ccccc3)c3cccc4ccccc34)ccc2-c2c1ccc1c2oc2cc[nH]c21. The first-order valence-electron chi connectivity index (χ1n) is 13.1. The highest BCUT2D eigenvalue weighted by atomic mass is 16.3. The van der Waals surface area contributed by atoms with Crippen molar-refractivity contribution >= 4 is 49.9 Å². The van der Waals surface area contributed by atoms with Crippen molar-refractivity contribution in [3.05, 3.63) is 127 Å². The maximum atomic E-state index is 6.41. The molecule has 0 saturated carbocycles.